The summed E-state index contributed by atoms with van der Waals surface area (Å²) in [6.07, 6.45) is 1.50. The molecule has 2 N–H and O–H groups in total. The fraction of sp³-hybridized carbons (Fsp3) is 0.438. The predicted octanol–water partition coefficient (Wildman–Crippen LogP) is 3.72. The van der Waals surface area contributed by atoms with Crippen LogP contribution >= 0.6 is 0 Å². The van der Waals surface area contributed by atoms with Crippen LogP contribution in [0.2, 0.25) is 0 Å². The lowest BCUT2D eigenvalue weighted by molar-refractivity contribution is -0.140. The van der Waals surface area contributed by atoms with Crippen LogP contribution in [0.4, 0.5) is 0 Å². The summed E-state index contributed by atoms with van der Waals surface area (Å²) in [5.74, 6) is -0.263. The molecule has 0 saturated heterocycles. The van der Waals surface area contributed by atoms with Crippen LogP contribution < -0.4 is 0 Å². The molecule has 0 radical (unpaired) electrons. The van der Waals surface area contributed by atoms with Gasteiger partial charge in [0.2, 0.25) is 0 Å². The molecule has 3 nitrogen and oxygen atoms in total. The van der Waals surface area contributed by atoms with Crippen LogP contribution in [-0.4, -0.2) is 16.1 Å². The van der Waals surface area contributed by atoms with Crippen molar-refractivity contribution in [2.75, 3.05) is 0 Å². The average Bonchev–Trinajstić information content (AvgIpc) is 3.06. The first-order chi connectivity index (χ1) is 8.97. The summed E-state index contributed by atoms with van der Waals surface area (Å²) in [5, 5.41) is 10.6. The number of H-pyrrole nitrogens is 1. The van der Waals surface area contributed by atoms with Crippen molar-refractivity contribution in [2.45, 2.75) is 44.9 Å². The maximum atomic E-state index is 11.6. The van der Waals surface area contributed by atoms with Crippen LogP contribution in [0.25, 0.3) is 10.9 Å². The fourth-order valence-electron chi connectivity index (χ4n) is 3.16. The van der Waals surface area contributed by atoms with Crippen molar-refractivity contribution in [2.24, 2.45) is 0 Å². The van der Waals surface area contributed by atoms with E-state index in [4.69, 9.17) is 0 Å². The van der Waals surface area contributed by atoms with Crippen molar-refractivity contribution in [3.63, 3.8) is 0 Å². The third-order valence-corrected chi connectivity index (χ3v) is 4.31. The molecule has 0 spiro atoms. The van der Waals surface area contributed by atoms with E-state index in [1.54, 1.807) is 0 Å². The van der Waals surface area contributed by atoms with Crippen molar-refractivity contribution in [1.29, 1.82) is 0 Å². The number of hydrogen-bond acceptors (Lipinski definition) is 1. The van der Waals surface area contributed by atoms with Crippen LogP contribution in [0.1, 0.15) is 49.4 Å². The average molecular weight is 257 g/mol. The Balaban J connectivity index is 2.30. The Morgan fingerprint density at radius 2 is 2.05 bits per heavy atom. The molecule has 0 amide bonds. The maximum absolute atomic E-state index is 11.6. The van der Waals surface area contributed by atoms with Crippen molar-refractivity contribution < 1.29 is 9.90 Å². The molecule has 2 aromatic rings. The Bertz CT molecular complexity index is 663. The highest BCUT2D eigenvalue weighted by Crippen LogP contribution is 2.52. The molecule has 0 unspecified atom stereocenters. The summed E-state index contributed by atoms with van der Waals surface area (Å²) in [4.78, 5) is 15.0. The van der Waals surface area contributed by atoms with E-state index >= 15 is 0 Å². The maximum Gasteiger partial charge on any atom is 0.314 e. The number of benzene rings is 1. The number of rotatable bonds is 3. The molecule has 1 aliphatic rings. The number of carbonyl (C=O) groups is 1. The lowest BCUT2D eigenvalue weighted by Gasteiger charge is -2.11. The molecule has 1 saturated carbocycles. The van der Waals surface area contributed by atoms with Gasteiger partial charge in [-0.05, 0) is 36.8 Å². The van der Waals surface area contributed by atoms with E-state index in [2.05, 4.69) is 24.9 Å². The third kappa shape index (κ3) is 1.61. The van der Waals surface area contributed by atoms with Gasteiger partial charge >= 0.3 is 5.97 Å². The van der Waals surface area contributed by atoms with Crippen LogP contribution in [0.3, 0.4) is 0 Å². The number of fused-ring (bicyclic) bond motifs is 1. The number of hydrogen-bond donors (Lipinski definition) is 2. The van der Waals surface area contributed by atoms with Gasteiger partial charge in [0.1, 0.15) is 0 Å². The second-order valence-electron chi connectivity index (χ2n) is 5.94. The second kappa shape index (κ2) is 3.86. The molecule has 1 fully saturated rings. The predicted molar refractivity (Wildman–Crippen MR) is 75.7 cm³/mol. The van der Waals surface area contributed by atoms with Gasteiger partial charge in [-0.15, -0.1) is 0 Å². The number of carboxylic acid groups (broad SMARTS) is 1. The Labute approximate surface area is 112 Å². The number of aromatic nitrogens is 1. The van der Waals surface area contributed by atoms with Crippen LogP contribution in [0.5, 0.6) is 0 Å². The lowest BCUT2D eigenvalue weighted by atomic mass is 9.91. The highest BCUT2D eigenvalue weighted by molar-refractivity contribution is 5.96. The van der Waals surface area contributed by atoms with Crippen molar-refractivity contribution in [3.05, 3.63) is 35.0 Å². The van der Waals surface area contributed by atoms with Gasteiger partial charge in [-0.3, -0.25) is 4.79 Å². The molecule has 1 aromatic heterocycles. The lowest BCUT2D eigenvalue weighted by Crippen LogP contribution is -2.20. The molecule has 0 bridgehead atoms. The Kier molecular flexibility index (Phi) is 2.49. The van der Waals surface area contributed by atoms with Gasteiger partial charge in [0.05, 0.1) is 5.41 Å². The second-order valence-corrected chi connectivity index (χ2v) is 5.94. The molecule has 0 aliphatic heterocycles. The monoisotopic (exact) mass is 257 g/mol. The van der Waals surface area contributed by atoms with Crippen molar-refractivity contribution >= 4 is 16.9 Å². The molecule has 19 heavy (non-hydrogen) atoms. The number of aryl methyl sites for hydroxylation is 1. The van der Waals surface area contributed by atoms with Crippen LogP contribution in [-0.2, 0) is 10.2 Å². The van der Waals surface area contributed by atoms with Gasteiger partial charge in [0.15, 0.2) is 0 Å². The number of carboxylic acids is 1. The molecular weight excluding hydrogens is 238 g/mol. The standard InChI is InChI=1S/C16H19NO2/c1-9(2)11-5-4-6-12-13(10(3)17-14(11)12)16(7-8-16)15(18)19/h4-6,9,17H,7-8H2,1-3H3,(H,18,19). The third-order valence-electron chi connectivity index (χ3n) is 4.31. The minimum atomic E-state index is -0.688. The number of nitrogens with one attached hydrogen (secondary N) is 1. The zero-order valence-corrected chi connectivity index (χ0v) is 11.6. The number of aliphatic carboxylic acids is 1. The SMILES string of the molecule is Cc1[nH]c2c(C(C)C)cccc2c1C1(C(=O)O)CC1. The Morgan fingerprint density at radius 1 is 1.37 bits per heavy atom. The first-order valence-corrected chi connectivity index (χ1v) is 6.82. The molecule has 3 rings (SSSR count). The van der Waals surface area contributed by atoms with Crippen molar-refractivity contribution in [3.8, 4) is 0 Å². The minimum Gasteiger partial charge on any atom is -0.481 e. The van der Waals surface area contributed by atoms with Gasteiger partial charge in [-0.25, -0.2) is 0 Å². The Morgan fingerprint density at radius 3 is 2.58 bits per heavy atom. The van der Waals surface area contributed by atoms with Gasteiger partial charge in [0, 0.05) is 16.6 Å². The van der Waals surface area contributed by atoms with Crippen molar-refractivity contribution in [1.82, 2.24) is 4.98 Å². The van der Waals surface area contributed by atoms with E-state index in [9.17, 15) is 9.90 Å². The van der Waals surface area contributed by atoms with E-state index in [1.165, 1.54) is 5.56 Å². The molecule has 100 valence electrons. The van der Waals surface area contributed by atoms with E-state index in [1.807, 2.05) is 19.1 Å². The smallest absolute Gasteiger partial charge is 0.314 e. The summed E-state index contributed by atoms with van der Waals surface area (Å²) in [7, 11) is 0. The topological polar surface area (TPSA) is 53.1 Å². The molecule has 3 heteroatoms. The molecular formula is C16H19NO2. The van der Waals surface area contributed by atoms with Crippen LogP contribution in [0.15, 0.2) is 18.2 Å². The minimum absolute atomic E-state index is 0.426. The van der Waals surface area contributed by atoms with E-state index in [0.717, 1.165) is 35.0 Å². The highest BCUT2D eigenvalue weighted by Gasteiger charge is 2.53. The van der Waals surface area contributed by atoms with Gasteiger partial charge in [-0.2, -0.15) is 0 Å². The normalized spacial score (nSPS) is 17.1. The number of aromatic amines is 1. The van der Waals surface area contributed by atoms with Gasteiger partial charge in [0.25, 0.3) is 0 Å². The van der Waals surface area contributed by atoms with Gasteiger partial charge in [-0.1, -0.05) is 32.0 Å². The summed E-state index contributed by atoms with van der Waals surface area (Å²) >= 11 is 0. The molecule has 1 aromatic carbocycles. The van der Waals surface area contributed by atoms with E-state index in [-0.39, 0.29) is 0 Å². The first-order valence-electron chi connectivity index (χ1n) is 6.82. The summed E-state index contributed by atoms with van der Waals surface area (Å²) in [6.45, 7) is 6.31. The molecule has 0 atom stereocenters. The molecule has 1 heterocycles. The summed E-state index contributed by atoms with van der Waals surface area (Å²) in [6, 6.07) is 6.20. The van der Waals surface area contributed by atoms with Gasteiger partial charge < -0.3 is 10.1 Å². The zero-order chi connectivity index (χ0) is 13.8. The highest BCUT2D eigenvalue weighted by atomic mass is 16.4. The van der Waals surface area contributed by atoms with Crippen LogP contribution in [0, 0.1) is 6.92 Å². The summed E-state index contributed by atoms with van der Waals surface area (Å²) < 4.78 is 0. The first kappa shape index (κ1) is 12.3. The fourth-order valence-corrected chi connectivity index (χ4v) is 3.16. The zero-order valence-electron chi connectivity index (χ0n) is 11.6. The summed E-state index contributed by atoms with van der Waals surface area (Å²) in [5.41, 5.74) is 3.73. The Hall–Kier alpha value is -1.77. The van der Waals surface area contributed by atoms with E-state index < -0.39 is 11.4 Å². The largest absolute Gasteiger partial charge is 0.481 e. The van der Waals surface area contributed by atoms with E-state index in [0.29, 0.717) is 5.92 Å². The quantitative estimate of drug-likeness (QED) is 0.880. The number of para-hydroxylation sites is 1. The molecule has 1 aliphatic carbocycles.